The quantitative estimate of drug-likeness (QED) is 0.0591. The lowest BCUT2D eigenvalue weighted by Gasteiger charge is -2.12. The molecule has 0 aliphatic carbocycles. The molecule has 6 rings (SSSR count). The highest BCUT2D eigenvalue weighted by atomic mass is 32.2. The van der Waals surface area contributed by atoms with E-state index in [0.29, 0.717) is 50.2 Å². The number of rotatable bonds is 12. The fourth-order valence-electron chi connectivity index (χ4n) is 5.14. The summed E-state index contributed by atoms with van der Waals surface area (Å²) in [5.41, 5.74) is 7.51. The molecule has 0 bridgehead atoms. The van der Waals surface area contributed by atoms with Crippen LogP contribution in [0.4, 0.5) is 22.7 Å². The maximum Gasteiger partial charge on any atom is 0.271 e. The average molecular weight is 697 g/mol. The number of hydrogen-bond donors (Lipinski definition) is 4. The number of aromatic nitrogens is 4. The molecule has 4 N–H and O–H groups in total. The van der Waals surface area contributed by atoms with Crippen molar-refractivity contribution >= 4 is 80.2 Å². The molecule has 2 aromatic heterocycles. The van der Waals surface area contributed by atoms with E-state index in [9.17, 15) is 29.8 Å². The highest BCUT2D eigenvalue weighted by Gasteiger charge is 2.14. The number of nitrogens with one attached hydrogen (secondary N) is 4. The molecule has 0 radical (unpaired) electrons. The standard InChI is InChI=1S/C33H28N8O6S2/c1-18-11-20(3-7-24(18)34-30(42)16-48-32-36-26-9-5-22(40(44)45)14-28(26)38-32)13-21-4-8-25(19(2)12-21)35-31(43)17-49-33-37-27-10-6-23(41(46)47)15-29(27)39-33/h3-12,14-15H,13,16-17H2,1-2H3,(H,34,42)(H,35,43)(H,36,38)(H,37,39). The van der Waals surface area contributed by atoms with Crippen LogP contribution in [-0.4, -0.2) is 53.1 Å². The van der Waals surface area contributed by atoms with Gasteiger partial charge in [0, 0.05) is 35.6 Å². The number of aromatic amines is 2. The molecule has 0 aliphatic heterocycles. The van der Waals surface area contributed by atoms with Crippen LogP contribution in [0.5, 0.6) is 0 Å². The smallest absolute Gasteiger partial charge is 0.271 e. The average Bonchev–Trinajstić information content (AvgIpc) is 3.68. The Morgan fingerprint density at radius 2 is 1.10 bits per heavy atom. The van der Waals surface area contributed by atoms with Crippen LogP contribution in [0.25, 0.3) is 22.1 Å². The third-order valence-electron chi connectivity index (χ3n) is 7.53. The molecule has 14 nitrogen and oxygen atoms in total. The van der Waals surface area contributed by atoms with Gasteiger partial charge in [-0.25, -0.2) is 9.97 Å². The van der Waals surface area contributed by atoms with Crippen LogP contribution in [0.3, 0.4) is 0 Å². The zero-order valence-corrected chi connectivity index (χ0v) is 27.7. The van der Waals surface area contributed by atoms with Gasteiger partial charge in [-0.3, -0.25) is 29.8 Å². The number of aryl methyl sites for hydroxylation is 2. The molecule has 0 saturated carbocycles. The highest BCUT2D eigenvalue weighted by molar-refractivity contribution is 8.00. The van der Waals surface area contributed by atoms with E-state index in [1.165, 1.54) is 47.8 Å². The summed E-state index contributed by atoms with van der Waals surface area (Å²) in [4.78, 5) is 61.2. The minimum atomic E-state index is -0.469. The first kappa shape index (κ1) is 33.2. The Morgan fingerprint density at radius 3 is 1.49 bits per heavy atom. The van der Waals surface area contributed by atoms with Gasteiger partial charge >= 0.3 is 0 Å². The Bertz CT molecular complexity index is 2110. The number of nitro benzene ring substituents is 2. The second kappa shape index (κ2) is 14.2. The molecular formula is C33H28N8O6S2. The summed E-state index contributed by atoms with van der Waals surface area (Å²) in [5.74, 6) is -0.196. The number of non-ortho nitro benzene ring substituents is 2. The minimum Gasteiger partial charge on any atom is -0.333 e. The van der Waals surface area contributed by atoms with Crippen molar-refractivity contribution in [3.63, 3.8) is 0 Å². The Hall–Kier alpha value is -5.74. The van der Waals surface area contributed by atoms with Crippen LogP contribution in [0.2, 0.25) is 0 Å². The van der Waals surface area contributed by atoms with E-state index in [-0.39, 0.29) is 34.7 Å². The molecule has 16 heteroatoms. The summed E-state index contributed by atoms with van der Waals surface area (Å²) in [6, 6.07) is 20.5. The van der Waals surface area contributed by atoms with Crippen LogP contribution >= 0.6 is 23.5 Å². The van der Waals surface area contributed by atoms with Crippen LogP contribution in [0.1, 0.15) is 22.3 Å². The van der Waals surface area contributed by atoms with Gasteiger partial charge in [-0.05, 0) is 66.8 Å². The molecule has 0 atom stereocenters. The molecule has 2 heterocycles. The molecule has 4 aromatic carbocycles. The van der Waals surface area contributed by atoms with Crippen molar-refractivity contribution in [3.8, 4) is 0 Å². The van der Waals surface area contributed by atoms with Crippen molar-refractivity contribution in [1.82, 2.24) is 19.9 Å². The first-order valence-electron chi connectivity index (χ1n) is 14.8. The van der Waals surface area contributed by atoms with Crippen molar-refractivity contribution in [1.29, 1.82) is 0 Å². The number of amides is 2. The van der Waals surface area contributed by atoms with Crippen LogP contribution in [0, 0.1) is 34.1 Å². The lowest BCUT2D eigenvalue weighted by Crippen LogP contribution is -2.15. The number of benzene rings is 4. The topological polar surface area (TPSA) is 202 Å². The molecule has 0 aliphatic rings. The number of thioether (sulfide) groups is 2. The Morgan fingerprint density at radius 1 is 0.673 bits per heavy atom. The molecule has 0 fully saturated rings. The summed E-state index contributed by atoms with van der Waals surface area (Å²) in [5, 5.41) is 28.9. The van der Waals surface area contributed by atoms with Gasteiger partial charge in [0.25, 0.3) is 11.4 Å². The van der Waals surface area contributed by atoms with E-state index >= 15 is 0 Å². The van der Waals surface area contributed by atoms with Gasteiger partial charge in [0.2, 0.25) is 11.8 Å². The number of anilines is 2. The van der Waals surface area contributed by atoms with E-state index in [4.69, 9.17) is 0 Å². The second-order valence-electron chi connectivity index (χ2n) is 11.2. The first-order chi connectivity index (χ1) is 23.5. The summed E-state index contributed by atoms with van der Waals surface area (Å²) < 4.78 is 0. The third-order valence-corrected chi connectivity index (χ3v) is 9.27. The molecule has 49 heavy (non-hydrogen) atoms. The van der Waals surface area contributed by atoms with Gasteiger partial charge in [-0.2, -0.15) is 0 Å². The number of nitrogens with zero attached hydrogens (tertiary/aromatic N) is 4. The maximum absolute atomic E-state index is 12.7. The number of nitro groups is 2. The number of imidazole rings is 2. The Labute approximate surface area is 286 Å². The summed E-state index contributed by atoms with van der Waals surface area (Å²) in [6.45, 7) is 3.85. The summed E-state index contributed by atoms with van der Waals surface area (Å²) in [6.07, 6.45) is 0.657. The minimum absolute atomic E-state index is 0.0346. The van der Waals surface area contributed by atoms with E-state index in [1.54, 1.807) is 12.1 Å². The Balaban J connectivity index is 0.993. The van der Waals surface area contributed by atoms with Gasteiger partial charge in [-0.15, -0.1) is 0 Å². The lowest BCUT2D eigenvalue weighted by atomic mass is 10.00. The van der Waals surface area contributed by atoms with E-state index in [1.807, 2.05) is 50.2 Å². The van der Waals surface area contributed by atoms with Crippen molar-refractivity contribution in [3.05, 3.63) is 115 Å². The number of fused-ring (bicyclic) bond motifs is 2. The SMILES string of the molecule is Cc1cc(Cc2ccc(NC(=O)CSc3nc4ccc([N+](=O)[O-])cc4[nH]3)c(C)c2)ccc1NC(=O)CSc1nc2ccc([N+](=O)[O-])cc2[nH]1. The van der Waals surface area contributed by atoms with Crippen molar-refractivity contribution in [2.45, 2.75) is 30.6 Å². The molecule has 0 unspecified atom stereocenters. The molecule has 6 aromatic rings. The highest BCUT2D eigenvalue weighted by Crippen LogP contribution is 2.26. The summed E-state index contributed by atoms with van der Waals surface area (Å²) >= 11 is 2.42. The largest absolute Gasteiger partial charge is 0.333 e. The maximum atomic E-state index is 12.7. The number of hydrogen-bond acceptors (Lipinski definition) is 10. The molecular weight excluding hydrogens is 669 g/mol. The predicted octanol–water partition coefficient (Wildman–Crippen LogP) is 6.92. The van der Waals surface area contributed by atoms with Crippen LogP contribution < -0.4 is 10.6 Å². The van der Waals surface area contributed by atoms with E-state index in [2.05, 4.69) is 30.6 Å². The van der Waals surface area contributed by atoms with Gasteiger partial charge < -0.3 is 20.6 Å². The fraction of sp³-hybridized carbons (Fsp3) is 0.152. The van der Waals surface area contributed by atoms with Crippen LogP contribution in [0.15, 0.2) is 83.1 Å². The predicted molar refractivity (Wildman–Crippen MR) is 189 cm³/mol. The van der Waals surface area contributed by atoms with Crippen LogP contribution in [-0.2, 0) is 16.0 Å². The van der Waals surface area contributed by atoms with Crippen molar-refractivity contribution < 1.29 is 19.4 Å². The van der Waals surface area contributed by atoms with Gasteiger partial charge in [-0.1, -0.05) is 47.8 Å². The normalized spacial score (nSPS) is 11.1. The number of carbonyl (C=O) groups excluding carboxylic acids is 2. The monoisotopic (exact) mass is 696 g/mol. The van der Waals surface area contributed by atoms with Gasteiger partial charge in [0.15, 0.2) is 10.3 Å². The number of H-pyrrole nitrogens is 2. The second-order valence-corrected chi connectivity index (χ2v) is 13.1. The Kier molecular flexibility index (Phi) is 9.59. The zero-order valence-electron chi connectivity index (χ0n) is 26.1. The fourth-order valence-corrected chi connectivity index (χ4v) is 6.51. The van der Waals surface area contributed by atoms with Gasteiger partial charge in [0.05, 0.1) is 43.4 Å². The molecule has 0 spiro atoms. The first-order valence-corrected chi connectivity index (χ1v) is 16.8. The van der Waals surface area contributed by atoms with E-state index in [0.717, 1.165) is 22.3 Å². The zero-order chi connectivity index (χ0) is 34.7. The molecule has 0 saturated heterocycles. The van der Waals surface area contributed by atoms with Gasteiger partial charge in [0.1, 0.15) is 0 Å². The molecule has 248 valence electrons. The van der Waals surface area contributed by atoms with E-state index < -0.39 is 9.85 Å². The number of carbonyl (C=O) groups is 2. The molecule has 2 amide bonds. The van der Waals surface area contributed by atoms with Crippen molar-refractivity contribution in [2.75, 3.05) is 22.1 Å². The summed E-state index contributed by atoms with van der Waals surface area (Å²) in [7, 11) is 0. The van der Waals surface area contributed by atoms with Crippen molar-refractivity contribution in [2.24, 2.45) is 0 Å². The third kappa shape index (κ3) is 8.05. The lowest BCUT2D eigenvalue weighted by molar-refractivity contribution is -0.384.